The minimum Gasteiger partial charge on any atom is -0.393 e. The van der Waals surface area contributed by atoms with Gasteiger partial charge in [-0.2, -0.15) is 0 Å². The maximum absolute atomic E-state index is 10.5. The van der Waals surface area contributed by atoms with Crippen LogP contribution in [-0.2, 0) is 11.3 Å². The SMILES string of the molecule is CC(C)[C@@H](/C=C/[C@@H](C)[C@H]1CC[C@H]2[C@@H](O)CCC[C@]12C)OCc1ccccc1. The van der Waals surface area contributed by atoms with Gasteiger partial charge in [0.15, 0.2) is 0 Å². The Labute approximate surface area is 166 Å². The summed E-state index contributed by atoms with van der Waals surface area (Å²) >= 11 is 0. The zero-order valence-electron chi connectivity index (χ0n) is 17.6. The Bertz CT molecular complexity index is 608. The number of fused-ring (bicyclic) bond motifs is 1. The fourth-order valence-corrected chi connectivity index (χ4v) is 5.71. The predicted molar refractivity (Wildman–Crippen MR) is 112 cm³/mol. The number of allylic oxidation sites excluding steroid dienone is 1. The lowest BCUT2D eigenvalue weighted by molar-refractivity contribution is -0.0233. The number of benzene rings is 1. The molecule has 1 aromatic rings. The van der Waals surface area contributed by atoms with Crippen LogP contribution in [0.4, 0.5) is 0 Å². The van der Waals surface area contributed by atoms with Gasteiger partial charge in [-0.25, -0.2) is 0 Å². The molecule has 0 radical (unpaired) electrons. The molecular weight excluding hydrogens is 332 g/mol. The molecule has 0 amide bonds. The quantitative estimate of drug-likeness (QED) is 0.597. The second-order valence-corrected chi connectivity index (χ2v) is 9.50. The first-order valence-electron chi connectivity index (χ1n) is 10.9. The van der Waals surface area contributed by atoms with Crippen molar-refractivity contribution >= 4 is 0 Å². The number of hydrogen-bond donors (Lipinski definition) is 1. The van der Waals surface area contributed by atoms with E-state index in [2.05, 4.69) is 64.1 Å². The molecule has 0 heterocycles. The van der Waals surface area contributed by atoms with Crippen LogP contribution in [0.15, 0.2) is 42.5 Å². The minimum absolute atomic E-state index is 0.0810. The van der Waals surface area contributed by atoms with Crippen molar-refractivity contribution in [2.75, 3.05) is 0 Å². The summed E-state index contributed by atoms with van der Waals surface area (Å²) in [4.78, 5) is 0. The normalized spacial score (nSPS) is 33.3. The maximum Gasteiger partial charge on any atom is 0.0783 e. The van der Waals surface area contributed by atoms with Gasteiger partial charge in [0.1, 0.15) is 0 Å². The standard InChI is InChI=1S/C25H38O2/c1-18(2)24(27-17-20-9-6-5-7-10-20)15-12-19(3)21-13-14-22-23(26)11-8-16-25(21,22)4/h5-7,9-10,12,15,18-19,21-24,26H,8,11,13-14,16-17H2,1-4H3/b15-12+/t19-,21-,22+,23+,24-,25-/m1/s1. The molecule has 2 aliphatic carbocycles. The molecule has 1 N–H and O–H groups in total. The first-order valence-corrected chi connectivity index (χ1v) is 10.9. The van der Waals surface area contributed by atoms with Crippen molar-refractivity contribution in [1.82, 2.24) is 0 Å². The minimum atomic E-state index is -0.0810. The van der Waals surface area contributed by atoms with Crippen LogP contribution in [0.2, 0.25) is 0 Å². The highest BCUT2D eigenvalue weighted by Gasteiger charge is 2.51. The number of aliphatic hydroxyl groups is 1. The van der Waals surface area contributed by atoms with Gasteiger partial charge in [0, 0.05) is 0 Å². The first kappa shape index (κ1) is 20.6. The van der Waals surface area contributed by atoms with Crippen molar-refractivity contribution in [2.24, 2.45) is 29.1 Å². The lowest BCUT2D eigenvalue weighted by Gasteiger charge is -2.44. The predicted octanol–water partition coefficient (Wildman–Crippen LogP) is 6.00. The highest BCUT2D eigenvalue weighted by atomic mass is 16.5. The third kappa shape index (κ3) is 4.66. The molecule has 2 saturated carbocycles. The lowest BCUT2D eigenvalue weighted by Crippen LogP contribution is -2.41. The van der Waals surface area contributed by atoms with Crippen LogP contribution < -0.4 is 0 Å². The molecule has 6 atom stereocenters. The molecule has 2 aliphatic rings. The number of rotatable bonds is 7. The van der Waals surface area contributed by atoms with Gasteiger partial charge in [-0.05, 0) is 60.3 Å². The summed E-state index contributed by atoms with van der Waals surface area (Å²) in [7, 11) is 0. The third-order valence-corrected chi connectivity index (χ3v) is 7.34. The van der Waals surface area contributed by atoms with E-state index in [1.165, 1.54) is 31.2 Å². The second kappa shape index (κ2) is 8.92. The zero-order chi connectivity index (χ0) is 19.4. The molecule has 0 aromatic heterocycles. The van der Waals surface area contributed by atoms with Crippen molar-refractivity contribution in [2.45, 2.75) is 78.6 Å². The summed E-state index contributed by atoms with van der Waals surface area (Å²) in [5.74, 6) is 2.17. The van der Waals surface area contributed by atoms with E-state index in [9.17, 15) is 5.11 Å². The van der Waals surface area contributed by atoms with Crippen molar-refractivity contribution in [3.05, 3.63) is 48.0 Å². The lowest BCUT2D eigenvalue weighted by atomic mass is 9.62. The topological polar surface area (TPSA) is 29.5 Å². The average molecular weight is 371 g/mol. The smallest absolute Gasteiger partial charge is 0.0783 e. The summed E-state index contributed by atoms with van der Waals surface area (Å²) in [6, 6.07) is 10.4. The van der Waals surface area contributed by atoms with Crippen LogP contribution in [0.3, 0.4) is 0 Å². The van der Waals surface area contributed by atoms with E-state index in [1.807, 2.05) is 6.07 Å². The van der Waals surface area contributed by atoms with E-state index >= 15 is 0 Å². The largest absolute Gasteiger partial charge is 0.393 e. The van der Waals surface area contributed by atoms with E-state index < -0.39 is 0 Å². The van der Waals surface area contributed by atoms with Crippen molar-refractivity contribution in [1.29, 1.82) is 0 Å². The monoisotopic (exact) mass is 370 g/mol. The molecule has 0 spiro atoms. The molecule has 0 bridgehead atoms. The van der Waals surface area contributed by atoms with E-state index in [1.54, 1.807) is 0 Å². The molecule has 2 heteroatoms. The summed E-state index contributed by atoms with van der Waals surface area (Å²) in [5, 5.41) is 10.5. The summed E-state index contributed by atoms with van der Waals surface area (Å²) in [5.41, 5.74) is 1.53. The van der Waals surface area contributed by atoms with Crippen LogP contribution in [0, 0.1) is 29.1 Å². The van der Waals surface area contributed by atoms with Crippen molar-refractivity contribution in [3.8, 4) is 0 Å². The Hall–Kier alpha value is -1.12. The van der Waals surface area contributed by atoms with Crippen molar-refractivity contribution < 1.29 is 9.84 Å². The molecular formula is C25H38O2. The molecule has 2 fully saturated rings. The third-order valence-electron chi connectivity index (χ3n) is 7.34. The van der Waals surface area contributed by atoms with E-state index in [4.69, 9.17) is 4.74 Å². The van der Waals surface area contributed by atoms with Crippen LogP contribution in [0.25, 0.3) is 0 Å². The Kier molecular flexibility index (Phi) is 6.81. The van der Waals surface area contributed by atoms with Crippen molar-refractivity contribution in [3.63, 3.8) is 0 Å². The van der Waals surface area contributed by atoms with Gasteiger partial charge in [-0.15, -0.1) is 0 Å². The first-order chi connectivity index (χ1) is 12.9. The number of ether oxygens (including phenoxy) is 1. The fourth-order valence-electron chi connectivity index (χ4n) is 5.71. The molecule has 27 heavy (non-hydrogen) atoms. The Morgan fingerprint density at radius 2 is 1.85 bits per heavy atom. The molecule has 1 aromatic carbocycles. The van der Waals surface area contributed by atoms with Gasteiger partial charge in [0.2, 0.25) is 0 Å². The van der Waals surface area contributed by atoms with Gasteiger partial charge in [0.25, 0.3) is 0 Å². The summed E-state index contributed by atoms with van der Waals surface area (Å²) < 4.78 is 6.22. The second-order valence-electron chi connectivity index (χ2n) is 9.50. The Morgan fingerprint density at radius 3 is 2.56 bits per heavy atom. The average Bonchev–Trinajstić information content (AvgIpc) is 3.00. The van der Waals surface area contributed by atoms with Gasteiger partial charge in [0.05, 0.1) is 18.8 Å². The summed E-state index contributed by atoms with van der Waals surface area (Å²) in [6.07, 6.45) is 10.7. The van der Waals surface area contributed by atoms with E-state index in [0.717, 1.165) is 6.42 Å². The molecule has 150 valence electrons. The van der Waals surface area contributed by atoms with Gasteiger partial charge in [-0.3, -0.25) is 0 Å². The van der Waals surface area contributed by atoms with Gasteiger partial charge < -0.3 is 9.84 Å². The highest BCUT2D eigenvalue weighted by Crippen LogP contribution is 2.57. The summed E-state index contributed by atoms with van der Waals surface area (Å²) in [6.45, 7) is 9.93. The number of aliphatic hydroxyl groups excluding tert-OH is 1. The van der Waals surface area contributed by atoms with Crippen LogP contribution in [0.5, 0.6) is 0 Å². The molecule has 0 saturated heterocycles. The highest BCUT2D eigenvalue weighted by molar-refractivity contribution is 5.13. The van der Waals surface area contributed by atoms with Crippen LogP contribution in [-0.4, -0.2) is 17.3 Å². The molecule has 0 unspecified atom stereocenters. The Balaban J connectivity index is 1.62. The molecule has 2 nitrogen and oxygen atoms in total. The van der Waals surface area contributed by atoms with Crippen LogP contribution in [0.1, 0.15) is 65.4 Å². The maximum atomic E-state index is 10.5. The molecule has 3 rings (SSSR count). The van der Waals surface area contributed by atoms with Gasteiger partial charge in [-0.1, -0.05) is 76.6 Å². The number of hydrogen-bond acceptors (Lipinski definition) is 2. The zero-order valence-corrected chi connectivity index (χ0v) is 17.6. The Morgan fingerprint density at radius 1 is 1.11 bits per heavy atom. The van der Waals surface area contributed by atoms with Crippen LogP contribution >= 0.6 is 0 Å². The fraction of sp³-hybridized carbons (Fsp3) is 0.680. The molecule has 0 aliphatic heterocycles. The van der Waals surface area contributed by atoms with E-state index in [-0.39, 0.29) is 12.2 Å². The van der Waals surface area contributed by atoms with E-state index in [0.29, 0.717) is 35.7 Å². The van der Waals surface area contributed by atoms with Gasteiger partial charge >= 0.3 is 0 Å².